The van der Waals surface area contributed by atoms with Crippen LogP contribution in [0, 0.1) is 5.82 Å². The zero-order valence-corrected chi connectivity index (χ0v) is 15.4. The number of thioether (sulfide) groups is 1. The summed E-state index contributed by atoms with van der Waals surface area (Å²) < 4.78 is 13.7. The molecule has 1 fully saturated rings. The summed E-state index contributed by atoms with van der Waals surface area (Å²) in [6.07, 6.45) is 0. The Morgan fingerprint density at radius 2 is 1.85 bits per heavy atom. The number of halogens is 1. The van der Waals surface area contributed by atoms with Gasteiger partial charge in [0.1, 0.15) is 11.4 Å². The highest BCUT2D eigenvalue weighted by molar-refractivity contribution is 7.99. The molecule has 2 aromatic rings. The van der Waals surface area contributed by atoms with Crippen molar-refractivity contribution < 1.29 is 18.8 Å². The summed E-state index contributed by atoms with van der Waals surface area (Å²) in [6, 6.07) is 12.7. The van der Waals surface area contributed by atoms with Gasteiger partial charge in [-0.15, -0.1) is 11.8 Å². The first-order valence-electron chi connectivity index (χ1n) is 8.26. The fraction of sp³-hybridized carbons (Fsp3) is 0.211. The van der Waals surface area contributed by atoms with Crippen LogP contribution in [0.1, 0.15) is 22.8 Å². The van der Waals surface area contributed by atoms with Gasteiger partial charge in [-0.1, -0.05) is 30.3 Å². The van der Waals surface area contributed by atoms with Gasteiger partial charge in [0.05, 0.1) is 5.56 Å². The first-order chi connectivity index (χ1) is 12.9. The van der Waals surface area contributed by atoms with Crippen molar-refractivity contribution >= 4 is 29.6 Å². The highest BCUT2D eigenvalue weighted by atomic mass is 32.2. The Kier molecular flexibility index (Phi) is 5.46. The van der Waals surface area contributed by atoms with Gasteiger partial charge >= 0.3 is 6.03 Å². The molecule has 1 saturated heterocycles. The lowest BCUT2D eigenvalue weighted by atomic mass is 10.1. The lowest BCUT2D eigenvalue weighted by molar-refractivity contribution is -0.122. The minimum atomic E-state index is -1.04. The summed E-state index contributed by atoms with van der Waals surface area (Å²) in [7, 11) is 0. The van der Waals surface area contributed by atoms with E-state index in [0.717, 1.165) is 0 Å². The Balaban J connectivity index is 1.68. The van der Waals surface area contributed by atoms with Crippen molar-refractivity contribution in [3.05, 3.63) is 65.5 Å². The fourth-order valence-electron chi connectivity index (χ4n) is 2.60. The Hall–Kier alpha value is -2.87. The third kappa shape index (κ3) is 4.28. The van der Waals surface area contributed by atoms with Crippen LogP contribution < -0.4 is 16.0 Å². The van der Waals surface area contributed by atoms with Crippen molar-refractivity contribution in [2.45, 2.75) is 23.9 Å². The third-order valence-corrected chi connectivity index (χ3v) is 5.55. The molecule has 0 aliphatic carbocycles. The van der Waals surface area contributed by atoms with Crippen LogP contribution in [-0.4, -0.2) is 29.1 Å². The second-order valence-electron chi connectivity index (χ2n) is 6.30. The van der Waals surface area contributed by atoms with Crippen LogP contribution >= 0.6 is 11.8 Å². The van der Waals surface area contributed by atoms with Crippen LogP contribution in [0.15, 0.2) is 53.4 Å². The quantitative estimate of drug-likeness (QED) is 0.525. The van der Waals surface area contributed by atoms with Gasteiger partial charge in [-0.2, -0.15) is 0 Å². The van der Waals surface area contributed by atoms with Crippen LogP contribution in [0.4, 0.5) is 9.18 Å². The topological polar surface area (TPSA) is 87.3 Å². The van der Waals surface area contributed by atoms with Crippen molar-refractivity contribution in [1.29, 1.82) is 0 Å². The summed E-state index contributed by atoms with van der Waals surface area (Å²) in [6.45, 7) is 1.70. The highest BCUT2D eigenvalue weighted by Crippen LogP contribution is 2.27. The van der Waals surface area contributed by atoms with E-state index >= 15 is 0 Å². The van der Waals surface area contributed by atoms with Gasteiger partial charge in [0.2, 0.25) is 0 Å². The van der Waals surface area contributed by atoms with Crippen molar-refractivity contribution in [2.75, 3.05) is 5.75 Å². The Bertz CT molecular complexity index is 905. The molecule has 8 heteroatoms. The molecule has 1 atom stereocenters. The zero-order chi connectivity index (χ0) is 19.4. The number of benzene rings is 2. The molecule has 27 heavy (non-hydrogen) atoms. The predicted octanol–water partition coefficient (Wildman–Crippen LogP) is 2.45. The van der Waals surface area contributed by atoms with Gasteiger partial charge in [-0.25, -0.2) is 9.18 Å². The Morgan fingerprint density at radius 1 is 1.15 bits per heavy atom. The number of amides is 4. The maximum atomic E-state index is 13.7. The maximum absolute atomic E-state index is 13.7. The number of carbonyl (C=O) groups is 3. The molecule has 1 aliphatic rings. The second-order valence-corrected chi connectivity index (χ2v) is 7.32. The molecule has 3 N–H and O–H groups in total. The average molecular weight is 387 g/mol. The number of carbonyl (C=O) groups excluding carboxylic acids is 3. The minimum absolute atomic E-state index is 0.0701. The average Bonchev–Trinajstić information content (AvgIpc) is 2.91. The molecule has 0 saturated carbocycles. The number of imide groups is 1. The molecule has 0 bridgehead atoms. The van der Waals surface area contributed by atoms with E-state index in [9.17, 15) is 18.8 Å². The van der Waals surface area contributed by atoms with E-state index in [1.165, 1.54) is 17.8 Å². The van der Waals surface area contributed by atoms with Gasteiger partial charge in [-0.3, -0.25) is 14.9 Å². The molecule has 140 valence electrons. The Labute approximate surface area is 159 Å². The zero-order valence-electron chi connectivity index (χ0n) is 14.5. The number of urea groups is 1. The van der Waals surface area contributed by atoms with E-state index < -0.39 is 17.5 Å². The van der Waals surface area contributed by atoms with E-state index in [1.807, 2.05) is 0 Å². The number of nitrogens with one attached hydrogen (secondary N) is 3. The first-order valence-corrected chi connectivity index (χ1v) is 9.25. The van der Waals surface area contributed by atoms with Crippen LogP contribution in [0.5, 0.6) is 0 Å². The lowest BCUT2D eigenvalue weighted by Gasteiger charge is -2.20. The molecule has 0 unspecified atom stereocenters. The molecule has 1 aliphatic heterocycles. The normalized spacial score (nSPS) is 18.7. The van der Waals surface area contributed by atoms with Crippen molar-refractivity contribution in [3.8, 4) is 0 Å². The monoisotopic (exact) mass is 387 g/mol. The lowest BCUT2D eigenvalue weighted by Crippen LogP contribution is -2.46. The summed E-state index contributed by atoms with van der Waals surface area (Å²) >= 11 is 1.29. The largest absolute Gasteiger partial charge is 0.348 e. The molecule has 0 spiro atoms. The Morgan fingerprint density at radius 3 is 2.56 bits per heavy atom. The number of hydrogen-bond acceptors (Lipinski definition) is 4. The summed E-state index contributed by atoms with van der Waals surface area (Å²) in [4.78, 5) is 36.5. The molecule has 0 aromatic heterocycles. The van der Waals surface area contributed by atoms with Crippen molar-refractivity contribution in [1.82, 2.24) is 16.0 Å². The van der Waals surface area contributed by atoms with Gasteiger partial charge in [-0.05, 0) is 25.1 Å². The van der Waals surface area contributed by atoms with E-state index in [2.05, 4.69) is 16.0 Å². The van der Waals surface area contributed by atoms with Crippen LogP contribution in [0.3, 0.4) is 0 Å². The van der Waals surface area contributed by atoms with E-state index in [0.29, 0.717) is 16.0 Å². The van der Waals surface area contributed by atoms with E-state index in [1.54, 1.807) is 49.4 Å². The fourth-order valence-corrected chi connectivity index (χ4v) is 3.73. The first kappa shape index (κ1) is 18.9. The van der Waals surface area contributed by atoms with Crippen LogP contribution in [0.25, 0.3) is 0 Å². The van der Waals surface area contributed by atoms with Gasteiger partial charge in [0.15, 0.2) is 0 Å². The second kappa shape index (κ2) is 7.79. The summed E-state index contributed by atoms with van der Waals surface area (Å²) in [5, 5.41) is 7.51. The van der Waals surface area contributed by atoms with Gasteiger partial charge < -0.3 is 10.6 Å². The van der Waals surface area contributed by atoms with Crippen molar-refractivity contribution in [2.24, 2.45) is 0 Å². The maximum Gasteiger partial charge on any atom is 0.322 e. The number of rotatable bonds is 6. The highest BCUT2D eigenvalue weighted by Gasteiger charge is 2.41. The number of hydrogen-bond donors (Lipinski definition) is 3. The van der Waals surface area contributed by atoms with Gasteiger partial charge in [0, 0.05) is 22.8 Å². The molecular formula is C19H18FN3O3S. The third-order valence-electron chi connectivity index (χ3n) is 4.16. The molecular weight excluding hydrogens is 369 g/mol. The molecule has 2 aromatic carbocycles. The minimum Gasteiger partial charge on any atom is -0.348 e. The van der Waals surface area contributed by atoms with Crippen molar-refractivity contribution in [3.63, 3.8) is 0 Å². The summed E-state index contributed by atoms with van der Waals surface area (Å²) in [5.74, 6) is -0.855. The SMILES string of the molecule is C[C@@]1(CSc2ccccc2C(=O)NCc2ccccc2F)NC(=O)NC1=O. The molecule has 1 heterocycles. The summed E-state index contributed by atoms with van der Waals surface area (Å²) in [5.41, 5.74) is -0.223. The molecule has 3 rings (SSSR count). The molecule has 4 amide bonds. The van der Waals surface area contributed by atoms with E-state index in [4.69, 9.17) is 0 Å². The van der Waals surface area contributed by atoms with E-state index in [-0.39, 0.29) is 24.0 Å². The predicted molar refractivity (Wildman–Crippen MR) is 99.8 cm³/mol. The molecule has 6 nitrogen and oxygen atoms in total. The standard InChI is InChI=1S/C19H18FN3O3S/c1-19(17(25)22-18(26)23-19)11-27-15-9-5-3-7-13(15)16(24)21-10-12-6-2-4-8-14(12)20/h2-9H,10-11H2,1H3,(H,21,24)(H2,22,23,25,26)/t19-/m0/s1. The van der Waals surface area contributed by atoms with Crippen LogP contribution in [0.2, 0.25) is 0 Å². The smallest absolute Gasteiger partial charge is 0.322 e. The van der Waals surface area contributed by atoms with Gasteiger partial charge in [0.25, 0.3) is 11.8 Å². The van der Waals surface area contributed by atoms with Crippen LogP contribution in [-0.2, 0) is 11.3 Å². The molecule has 0 radical (unpaired) electrons.